The topological polar surface area (TPSA) is 70.4 Å². The Bertz CT molecular complexity index is 398. The SMILES string of the molecule is O=C(O)Cc1nc(C(F)F)cc(I)c1O. The van der Waals surface area contributed by atoms with Gasteiger partial charge in [0.15, 0.2) is 5.75 Å². The summed E-state index contributed by atoms with van der Waals surface area (Å²) >= 11 is 1.64. The average molecular weight is 329 g/mol. The highest BCUT2D eigenvalue weighted by molar-refractivity contribution is 14.1. The van der Waals surface area contributed by atoms with Crippen LogP contribution in [-0.2, 0) is 11.2 Å². The van der Waals surface area contributed by atoms with Gasteiger partial charge in [0.2, 0.25) is 0 Å². The van der Waals surface area contributed by atoms with Crippen LogP contribution in [0.1, 0.15) is 17.8 Å². The zero-order valence-corrected chi connectivity index (χ0v) is 9.40. The van der Waals surface area contributed by atoms with Crippen molar-refractivity contribution in [2.45, 2.75) is 12.8 Å². The number of nitrogens with zero attached hydrogens (tertiary/aromatic N) is 1. The largest absolute Gasteiger partial charge is 0.505 e. The van der Waals surface area contributed by atoms with Crippen LogP contribution in [-0.4, -0.2) is 21.2 Å². The number of halogens is 3. The summed E-state index contributed by atoms with van der Waals surface area (Å²) in [6.45, 7) is 0. The Morgan fingerprint density at radius 3 is 2.67 bits per heavy atom. The summed E-state index contributed by atoms with van der Waals surface area (Å²) in [4.78, 5) is 13.8. The highest BCUT2D eigenvalue weighted by Gasteiger charge is 2.17. The quantitative estimate of drug-likeness (QED) is 0.832. The lowest BCUT2D eigenvalue weighted by molar-refractivity contribution is -0.136. The lowest BCUT2D eigenvalue weighted by Crippen LogP contribution is -2.05. The van der Waals surface area contributed by atoms with Crippen molar-refractivity contribution >= 4 is 28.6 Å². The molecule has 0 saturated heterocycles. The van der Waals surface area contributed by atoms with Gasteiger partial charge in [0.05, 0.1) is 15.7 Å². The van der Waals surface area contributed by atoms with Crippen LogP contribution in [0.5, 0.6) is 5.75 Å². The number of carboxylic acid groups (broad SMARTS) is 1. The number of hydrogen-bond donors (Lipinski definition) is 2. The second-order valence-corrected chi connectivity index (χ2v) is 3.86. The molecule has 0 aliphatic heterocycles. The molecule has 0 saturated carbocycles. The predicted octanol–water partition coefficient (Wildman–Crippen LogP) is 1.96. The molecule has 1 rings (SSSR count). The van der Waals surface area contributed by atoms with Crippen LogP contribution in [0.3, 0.4) is 0 Å². The molecule has 0 radical (unpaired) electrons. The van der Waals surface area contributed by atoms with Gasteiger partial charge in [0, 0.05) is 0 Å². The van der Waals surface area contributed by atoms with Crippen molar-refractivity contribution < 1.29 is 23.8 Å². The third-order valence-corrected chi connectivity index (χ3v) is 2.40. The van der Waals surface area contributed by atoms with Crippen LogP contribution in [0.15, 0.2) is 6.07 Å². The second-order valence-electron chi connectivity index (χ2n) is 2.70. The van der Waals surface area contributed by atoms with Gasteiger partial charge in [-0.3, -0.25) is 4.79 Å². The molecule has 0 unspecified atom stereocenters. The van der Waals surface area contributed by atoms with Gasteiger partial charge in [-0.15, -0.1) is 0 Å². The molecule has 0 amide bonds. The molecule has 0 spiro atoms. The van der Waals surface area contributed by atoms with E-state index in [4.69, 9.17) is 5.11 Å². The Morgan fingerprint density at radius 2 is 2.20 bits per heavy atom. The van der Waals surface area contributed by atoms with Crippen molar-refractivity contribution in [1.82, 2.24) is 4.98 Å². The first-order chi connectivity index (χ1) is 6.91. The summed E-state index contributed by atoms with van der Waals surface area (Å²) in [6, 6.07) is 1.02. The van der Waals surface area contributed by atoms with E-state index in [1.807, 2.05) is 0 Å². The molecule has 4 nitrogen and oxygen atoms in total. The van der Waals surface area contributed by atoms with Crippen LogP contribution < -0.4 is 0 Å². The number of pyridine rings is 1. The molecule has 15 heavy (non-hydrogen) atoms. The lowest BCUT2D eigenvalue weighted by Gasteiger charge is -2.06. The molecule has 0 fully saturated rings. The molecule has 0 bridgehead atoms. The molecule has 1 heterocycles. The van der Waals surface area contributed by atoms with Crippen LogP contribution >= 0.6 is 22.6 Å². The molecule has 2 N–H and O–H groups in total. The number of carboxylic acids is 1. The minimum atomic E-state index is -2.79. The third-order valence-electron chi connectivity index (χ3n) is 1.58. The van der Waals surface area contributed by atoms with Crippen LogP contribution in [0.25, 0.3) is 0 Å². The number of carbonyl (C=O) groups is 1. The van der Waals surface area contributed by atoms with E-state index in [1.54, 1.807) is 22.6 Å². The monoisotopic (exact) mass is 329 g/mol. The average Bonchev–Trinajstić information content (AvgIpc) is 2.11. The fourth-order valence-corrected chi connectivity index (χ4v) is 1.59. The van der Waals surface area contributed by atoms with Crippen molar-refractivity contribution in [3.05, 3.63) is 21.0 Å². The molecule has 7 heteroatoms. The summed E-state index contributed by atoms with van der Waals surface area (Å²) in [7, 11) is 0. The second kappa shape index (κ2) is 4.69. The molecule has 0 aliphatic rings. The van der Waals surface area contributed by atoms with Gasteiger partial charge in [-0.2, -0.15) is 0 Å². The molecule has 0 aliphatic carbocycles. The van der Waals surface area contributed by atoms with Gasteiger partial charge in [0.25, 0.3) is 6.43 Å². The maximum absolute atomic E-state index is 12.3. The van der Waals surface area contributed by atoms with Crippen LogP contribution in [0.4, 0.5) is 8.78 Å². The summed E-state index contributed by atoms with van der Waals surface area (Å²) in [5.74, 6) is -1.59. The zero-order chi connectivity index (χ0) is 11.6. The highest BCUT2D eigenvalue weighted by Crippen LogP contribution is 2.28. The summed E-state index contributed by atoms with van der Waals surface area (Å²) < 4.78 is 24.8. The van der Waals surface area contributed by atoms with Crippen molar-refractivity contribution in [2.24, 2.45) is 0 Å². The van der Waals surface area contributed by atoms with E-state index >= 15 is 0 Å². The minimum Gasteiger partial charge on any atom is -0.505 e. The zero-order valence-electron chi connectivity index (χ0n) is 7.25. The van der Waals surface area contributed by atoms with Crippen molar-refractivity contribution in [1.29, 1.82) is 0 Å². The van der Waals surface area contributed by atoms with Gasteiger partial charge in [-0.25, -0.2) is 13.8 Å². The Labute approximate surface area is 97.1 Å². The first-order valence-electron chi connectivity index (χ1n) is 3.80. The van der Waals surface area contributed by atoms with Crippen molar-refractivity contribution in [2.75, 3.05) is 0 Å². The van der Waals surface area contributed by atoms with Gasteiger partial charge >= 0.3 is 5.97 Å². The van der Waals surface area contributed by atoms with E-state index < -0.39 is 24.5 Å². The Kier molecular flexibility index (Phi) is 3.77. The predicted molar refractivity (Wildman–Crippen MR) is 54.9 cm³/mol. The number of rotatable bonds is 3. The fraction of sp³-hybridized carbons (Fsp3) is 0.250. The molecular weight excluding hydrogens is 323 g/mol. The maximum Gasteiger partial charge on any atom is 0.309 e. The minimum absolute atomic E-state index is 0.161. The molecule has 0 atom stereocenters. The van der Waals surface area contributed by atoms with Gasteiger partial charge in [-0.05, 0) is 28.7 Å². The molecule has 1 aromatic rings. The normalized spacial score (nSPS) is 10.7. The summed E-state index contributed by atoms with van der Waals surface area (Å²) in [5, 5.41) is 17.8. The number of hydrogen-bond acceptors (Lipinski definition) is 3. The van der Waals surface area contributed by atoms with E-state index in [9.17, 15) is 18.7 Å². The van der Waals surface area contributed by atoms with E-state index in [2.05, 4.69) is 4.98 Å². The first-order valence-corrected chi connectivity index (χ1v) is 4.88. The Hall–Kier alpha value is -0.990. The lowest BCUT2D eigenvalue weighted by atomic mass is 10.2. The van der Waals surface area contributed by atoms with Crippen molar-refractivity contribution in [3.63, 3.8) is 0 Å². The van der Waals surface area contributed by atoms with E-state index in [-0.39, 0.29) is 15.0 Å². The number of aromatic nitrogens is 1. The Morgan fingerprint density at radius 1 is 1.60 bits per heavy atom. The maximum atomic E-state index is 12.3. The van der Waals surface area contributed by atoms with Gasteiger partial charge in [0.1, 0.15) is 5.69 Å². The molecule has 1 aromatic heterocycles. The smallest absolute Gasteiger partial charge is 0.309 e. The summed E-state index contributed by atoms with van der Waals surface area (Å²) in [6.07, 6.45) is -3.37. The number of alkyl halides is 2. The number of aliphatic carboxylic acids is 1. The molecule has 82 valence electrons. The Balaban J connectivity index is 3.18. The van der Waals surface area contributed by atoms with E-state index in [0.717, 1.165) is 6.07 Å². The first kappa shape index (κ1) is 12.1. The standard InChI is InChI=1S/C8H6F2INO3/c9-8(10)5-1-3(11)7(15)4(12-5)2-6(13)14/h1,8,15H,2H2,(H,13,14). The summed E-state index contributed by atoms with van der Waals surface area (Å²) in [5.41, 5.74) is -0.779. The molecule has 0 aromatic carbocycles. The molecular formula is C8H6F2INO3. The highest BCUT2D eigenvalue weighted by atomic mass is 127. The van der Waals surface area contributed by atoms with Gasteiger partial charge in [-0.1, -0.05) is 0 Å². The van der Waals surface area contributed by atoms with Crippen LogP contribution in [0, 0.1) is 3.57 Å². The van der Waals surface area contributed by atoms with E-state index in [0.29, 0.717) is 0 Å². The van der Waals surface area contributed by atoms with Crippen molar-refractivity contribution in [3.8, 4) is 5.75 Å². The fourth-order valence-electron chi connectivity index (χ4n) is 0.955. The van der Waals surface area contributed by atoms with E-state index in [1.165, 1.54) is 0 Å². The third kappa shape index (κ3) is 2.98. The number of aromatic hydroxyl groups is 1. The van der Waals surface area contributed by atoms with Gasteiger partial charge < -0.3 is 10.2 Å². The van der Waals surface area contributed by atoms with Crippen LogP contribution in [0.2, 0.25) is 0 Å².